The molecular formula is C25H24ClN5O3. The van der Waals surface area contributed by atoms with Gasteiger partial charge in [-0.3, -0.25) is 9.59 Å². The van der Waals surface area contributed by atoms with Crippen LogP contribution in [0.4, 0.5) is 0 Å². The number of benzene rings is 2. The summed E-state index contributed by atoms with van der Waals surface area (Å²) in [5.74, 6) is -0.885. The summed E-state index contributed by atoms with van der Waals surface area (Å²) < 4.78 is 0. The number of aromatic amines is 1. The number of carbonyl (C=O) groups excluding carboxylic acids is 2. The predicted octanol–water partition coefficient (Wildman–Crippen LogP) is 2.31. The molecule has 0 bridgehead atoms. The number of H-pyrrole nitrogens is 1. The van der Waals surface area contributed by atoms with Crippen LogP contribution in [0.3, 0.4) is 0 Å². The zero-order valence-electron chi connectivity index (χ0n) is 18.2. The van der Waals surface area contributed by atoms with Crippen molar-refractivity contribution >= 4 is 34.4 Å². The number of rotatable bonds is 8. The first-order valence-corrected chi connectivity index (χ1v) is 11.0. The van der Waals surface area contributed by atoms with Crippen LogP contribution >= 0.6 is 11.6 Å². The third-order valence-electron chi connectivity index (χ3n) is 5.63. The minimum Gasteiger partial charge on any atom is -0.379 e. The lowest BCUT2D eigenvalue weighted by molar-refractivity contribution is -0.125. The summed E-state index contributed by atoms with van der Waals surface area (Å²) in [6.45, 7) is -0.552. The molecule has 0 aliphatic carbocycles. The van der Waals surface area contributed by atoms with E-state index in [0.29, 0.717) is 16.1 Å². The third-order valence-corrected chi connectivity index (χ3v) is 5.88. The summed E-state index contributed by atoms with van der Waals surface area (Å²) in [6.07, 6.45) is 3.58. The SMILES string of the molecule is NCC(=O)NCC(=O)NCC(O)(c1ccc(Cl)cc1)c1ccc(-c2ccnc3[nH]ccc23)cc1. The molecule has 1 unspecified atom stereocenters. The molecule has 8 nitrogen and oxygen atoms in total. The number of nitrogens with one attached hydrogen (secondary N) is 3. The van der Waals surface area contributed by atoms with Gasteiger partial charge in [0.15, 0.2) is 0 Å². The van der Waals surface area contributed by atoms with E-state index in [1.54, 1.807) is 30.5 Å². The zero-order valence-corrected chi connectivity index (χ0v) is 19.0. The molecule has 0 aliphatic rings. The summed E-state index contributed by atoms with van der Waals surface area (Å²) in [5.41, 5.74) is 7.63. The molecule has 2 aromatic heterocycles. The van der Waals surface area contributed by atoms with Crippen LogP contribution in [0.15, 0.2) is 73.1 Å². The van der Waals surface area contributed by atoms with Crippen molar-refractivity contribution in [1.29, 1.82) is 0 Å². The molecule has 2 heterocycles. The van der Waals surface area contributed by atoms with Crippen molar-refractivity contribution in [2.24, 2.45) is 5.73 Å². The lowest BCUT2D eigenvalue weighted by atomic mass is 9.85. The van der Waals surface area contributed by atoms with Crippen LogP contribution in [0.5, 0.6) is 0 Å². The van der Waals surface area contributed by atoms with E-state index in [4.69, 9.17) is 17.3 Å². The normalized spacial score (nSPS) is 12.8. The van der Waals surface area contributed by atoms with Gasteiger partial charge in [-0.1, -0.05) is 48.0 Å². The van der Waals surface area contributed by atoms with Gasteiger partial charge in [0.25, 0.3) is 0 Å². The Morgan fingerprint density at radius 1 is 0.971 bits per heavy atom. The molecule has 0 saturated carbocycles. The molecule has 9 heteroatoms. The highest BCUT2D eigenvalue weighted by molar-refractivity contribution is 6.30. The maximum atomic E-state index is 12.3. The molecule has 34 heavy (non-hydrogen) atoms. The van der Waals surface area contributed by atoms with Crippen molar-refractivity contribution in [3.05, 3.63) is 89.2 Å². The molecule has 4 aromatic rings. The number of nitrogens with zero attached hydrogens (tertiary/aromatic N) is 1. The van der Waals surface area contributed by atoms with E-state index in [-0.39, 0.29) is 19.6 Å². The third kappa shape index (κ3) is 4.94. The van der Waals surface area contributed by atoms with Gasteiger partial charge < -0.3 is 26.5 Å². The van der Waals surface area contributed by atoms with Crippen molar-refractivity contribution in [2.75, 3.05) is 19.6 Å². The number of hydrogen-bond acceptors (Lipinski definition) is 5. The molecule has 0 aliphatic heterocycles. The van der Waals surface area contributed by atoms with Crippen LogP contribution in [-0.4, -0.2) is 46.5 Å². The average molecular weight is 478 g/mol. The van der Waals surface area contributed by atoms with E-state index < -0.39 is 17.4 Å². The number of fused-ring (bicyclic) bond motifs is 1. The summed E-state index contributed by atoms with van der Waals surface area (Å²) in [7, 11) is 0. The predicted molar refractivity (Wildman–Crippen MR) is 131 cm³/mol. The second-order valence-corrected chi connectivity index (χ2v) is 8.24. The highest BCUT2D eigenvalue weighted by Gasteiger charge is 2.32. The molecule has 2 amide bonds. The first kappa shape index (κ1) is 23.4. The molecule has 1 atom stereocenters. The van der Waals surface area contributed by atoms with Crippen LogP contribution in [0, 0.1) is 0 Å². The standard InChI is InChI=1S/C25H24ClN5O3/c26-19-7-5-18(6-8-19)25(34,15-31-23(33)14-30-22(32)13-27)17-3-1-16(2-4-17)20-9-11-28-24-21(20)10-12-29-24/h1-12,34H,13-15,27H2,(H,28,29)(H,30,32)(H,31,33). The monoisotopic (exact) mass is 477 g/mol. The Morgan fingerprint density at radius 3 is 2.32 bits per heavy atom. The summed E-state index contributed by atoms with van der Waals surface area (Å²) in [5, 5.41) is 18.4. The molecule has 0 saturated heterocycles. The lowest BCUT2D eigenvalue weighted by Gasteiger charge is -2.30. The first-order valence-electron chi connectivity index (χ1n) is 10.7. The molecule has 174 valence electrons. The lowest BCUT2D eigenvalue weighted by Crippen LogP contribution is -2.45. The van der Waals surface area contributed by atoms with Crippen LogP contribution in [-0.2, 0) is 15.2 Å². The Labute approximate surface area is 201 Å². The zero-order chi connectivity index (χ0) is 24.1. The average Bonchev–Trinajstić information content (AvgIpc) is 3.35. The number of aromatic nitrogens is 2. The Bertz CT molecular complexity index is 1300. The maximum Gasteiger partial charge on any atom is 0.239 e. The van der Waals surface area contributed by atoms with Crippen LogP contribution in [0.1, 0.15) is 11.1 Å². The van der Waals surface area contributed by atoms with E-state index >= 15 is 0 Å². The van der Waals surface area contributed by atoms with Crippen molar-refractivity contribution in [1.82, 2.24) is 20.6 Å². The van der Waals surface area contributed by atoms with Crippen molar-refractivity contribution < 1.29 is 14.7 Å². The van der Waals surface area contributed by atoms with Crippen molar-refractivity contribution in [3.63, 3.8) is 0 Å². The molecule has 0 spiro atoms. The van der Waals surface area contributed by atoms with Crippen molar-refractivity contribution in [2.45, 2.75) is 5.60 Å². The van der Waals surface area contributed by atoms with Gasteiger partial charge >= 0.3 is 0 Å². The number of halogens is 1. The van der Waals surface area contributed by atoms with E-state index in [9.17, 15) is 14.7 Å². The van der Waals surface area contributed by atoms with E-state index in [1.165, 1.54) is 0 Å². The van der Waals surface area contributed by atoms with Gasteiger partial charge in [-0.15, -0.1) is 0 Å². The molecule has 0 radical (unpaired) electrons. The topological polar surface area (TPSA) is 133 Å². The minimum atomic E-state index is -1.53. The minimum absolute atomic E-state index is 0.109. The molecule has 0 fully saturated rings. The molecule has 2 aromatic carbocycles. The van der Waals surface area contributed by atoms with Gasteiger partial charge in [-0.25, -0.2) is 4.98 Å². The van der Waals surface area contributed by atoms with Gasteiger partial charge in [0.1, 0.15) is 11.2 Å². The van der Waals surface area contributed by atoms with E-state index in [2.05, 4.69) is 20.6 Å². The van der Waals surface area contributed by atoms with Gasteiger partial charge in [0, 0.05) is 22.8 Å². The Balaban J connectivity index is 1.62. The number of aliphatic hydroxyl groups is 1. The first-order chi connectivity index (χ1) is 16.4. The number of hydrogen-bond donors (Lipinski definition) is 5. The number of amides is 2. The van der Waals surface area contributed by atoms with Gasteiger partial charge in [0.2, 0.25) is 11.8 Å². The Morgan fingerprint density at radius 2 is 1.65 bits per heavy atom. The fourth-order valence-electron chi connectivity index (χ4n) is 3.77. The molecule has 4 rings (SSSR count). The second kappa shape index (κ2) is 10.0. The quantitative estimate of drug-likeness (QED) is 0.265. The van der Waals surface area contributed by atoms with E-state index in [1.807, 2.05) is 42.6 Å². The summed E-state index contributed by atoms with van der Waals surface area (Å²) in [6, 6.07) is 18.2. The summed E-state index contributed by atoms with van der Waals surface area (Å²) in [4.78, 5) is 31.0. The molecule has 6 N–H and O–H groups in total. The fraction of sp³-hybridized carbons (Fsp3) is 0.160. The van der Waals surface area contributed by atoms with E-state index in [0.717, 1.165) is 22.2 Å². The van der Waals surface area contributed by atoms with Crippen LogP contribution < -0.4 is 16.4 Å². The van der Waals surface area contributed by atoms with Gasteiger partial charge in [0.05, 0.1) is 19.6 Å². The maximum absolute atomic E-state index is 12.3. The number of carbonyl (C=O) groups is 2. The second-order valence-electron chi connectivity index (χ2n) is 7.80. The van der Waals surface area contributed by atoms with Crippen molar-refractivity contribution in [3.8, 4) is 11.1 Å². The van der Waals surface area contributed by atoms with Crippen LogP contribution in [0.25, 0.3) is 22.2 Å². The highest BCUT2D eigenvalue weighted by atomic mass is 35.5. The van der Waals surface area contributed by atoms with Crippen LogP contribution in [0.2, 0.25) is 5.02 Å². The summed E-state index contributed by atoms with van der Waals surface area (Å²) >= 11 is 6.04. The smallest absolute Gasteiger partial charge is 0.239 e. The van der Waals surface area contributed by atoms with Gasteiger partial charge in [-0.05, 0) is 46.5 Å². The van der Waals surface area contributed by atoms with Gasteiger partial charge in [-0.2, -0.15) is 0 Å². The number of pyridine rings is 1. The molecular weight excluding hydrogens is 454 g/mol. The largest absolute Gasteiger partial charge is 0.379 e. The Hall–Kier alpha value is -3.72. The number of nitrogens with two attached hydrogens (primary N) is 1. The Kier molecular flexibility index (Phi) is 6.93. The highest BCUT2D eigenvalue weighted by Crippen LogP contribution is 2.33. The fourth-order valence-corrected chi connectivity index (χ4v) is 3.90.